The second kappa shape index (κ2) is 7.16. The van der Waals surface area contributed by atoms with Crippen LogP contribution in [0.2, 0.25) is 0 Å². The van der Waals surface area contributed by atoms with E-state index in [9.17, 15) is 4.79 Å². The molecule has 18 heavy (non-hydrogen) atoms. The predicted molar refractivity (Wildman–Crippen MR) is 70.3 cm³/mol. The van der Waals surface area contributed by atoms with Gasteiger partial charge < -0.3 is 9.67 Å². The second-order valence-corrected chi connectivity index (χ2v) is 4.73. The van der Waals surface area contributed by atoms with Crippen molar-refractivity contribution in [3.8, 4) is 0 Å². The lowest BCUT2D eigenvalue weighted by Gasteiger charge is -2.26. The van der Waals surface area contributed by atoms with Crippen LogP contribution in [-0.2, 0) is 17.9 Å². The van der Waals surface area contributed by atoms with E-state index in [0.29, 0.717) is 12.5 Å². The highest BCUT2D eigenvalue weighted by molar-refractivity contribution is 5.66. The molecule has 0 fully saturated rings. The van der Waals surface area contributed by atoms with Crippen molar-refractivity contribution in [1.82, 2.24) is 14.5 Å². The Morgan fingerprint density at radius 2 is 2.28 bits per heavy atom. The summed E-state index contributed by atoms with van der Waals surface area (Å²) in [5.41, 5.74) is 1.18. The van der Waals surface area contributed by atoms with E-state index in [4.69, 9.17) is 5.11 Å². The number of imidazole rings is 1. The highest BCUT2D eigenvalue weighted by Crippen LogP contribution is 2.09. The van der Waals surface area contributed by atoms with E-state index >= 15 is 0 Å². The Morgan fingerprint density at radius 3 is 2.83 bits per heavy atom. The number of rotatable bonds is 8. The molecule has 0 unspecified atom stereocenters. The number of carbonyl (C=O) groups is 1. The molecule has 1 N–H and O–H groups in total. The maximum absolute atomic E-state index is 10.5. The van der Waals surface area contributed by atoms with Crippen LogP contribution in [0.3, 0.4) is 0 Å². The number of nitrogens with zero attached hydrogens (tertiary/aromatic N) is 3. The second-order valence-electron chi connectivity index (χ2n) is 4.73. The first-order valence-corrected chi connectivity index (χ1v) is 6.49. The molecule has 0 aromatic carbocycles. The van der Waals surface area contributed by atoms with Crippen molar-refractivity contribution < 1.29 is 9.90 Å². The van der Waals surface area contributed by atoms with Crippen LogP contribution in [0.5, 0.6) is 0 Å². The number of hydrogen-bond donors (Lipinski definition) is 1. The molecule has 0 saturated carbocycles. The van der Waals surface area contributed by atoms with Gasteiger partial charge in [-0.25, -0.2) is 4.98 Å². The fourth-order valence-electron chi connectivity index (χ4n) is 1.93. The van der Waals surface area contributed by atoms with Crippen molar-refractivity contribution in [2.24, 2.45) is 0 Å². The summed E-state index contributed by atoms with van der Waals surface area (Å²) in [4.78, 5) is 17.0. The third-order valence-electron chi connectivity index (χ3n) is 3.07. The van der Waals surface area contributed by atoms with Crippen LogP contribution in [0.25, 0.3) is 0 Å². The molecular weight excluding hydrogens is 230 g/mol. The number of aromatic nitrogens is 2. The highest BCUT2D eigenvalue weighted by Gasteiger charge is 2.12. The summed E-state index contributed by atoms with van der Waals surface area (Å²) >= 11 is 0. The average molecular weight is 253 g/mol. The minimum atomic E-state index is -0.725. The molecular formula is C13H23N3O2. The zero-order valence-electron chi connectivity index (χ0n) is 11.5. The topological polar surface area (TPSA) is 58.4 Å². The van der Waals surface area contributed by atoms with Gasteiger partial charge in [0.2, 0.25) is 0 Å². The Morgan fingerprint density at radius 1 is 1.56 bits per heavy atom. The number of carboxylic acid groups (broad SMARTS) is 1. The fraction of sp³-hybridized carbons (Fsp3) is 0.692. The van der Waals surface area contributed by atoms with E-state index in [0.717, 1.165) is 19.6 Å². The molecule has 0 bridgehead atoms. The minimum Gasteiger partial charge on any atom is -0.481 e. The van der Waals surface area contributed by atoms with E-state index in [2.05, 4.69) is 35.2 Å². The summed E-state index contributed by atoms with van der Waals surface area (Å²) in [5, 5.41) is 8.67. The summed E-state index contributed by atoms with van der Waals surface area (Å²) in [6, 6.07) is 0.402. The maximum atomic E-state index is 10.5. The first-order valence-electron chi connectivity index (χ1n) is 6.49. The molecule has 1 aromatic rings. The summed E-state index contributed by atoms with van der Waals surface area (Å²) in [7, 11) is 0. The van der Waals surface area contributed by atoms with Crippen molar-refractivity contribution in [3.63, 3.8) is 0 Å². The Balaban J connectivity index is 2.55. The third-order valence-corrected chi connectivity index (χ3v) is 3.07. The zero-order valence-corrected chi connectivity index (χ0v) is 11.5. The molecule has 0 spiro atoms. The standard InChI is InChI=1S/C13H23N3O2/c1-4-15-10-14-8-12(15)9-16(11(2)3)7-5-6-13(17)18/h8,10-11H,4-7,9H2,1-3H3,(H,17,18). The van der Waals surface area contributed by atoms with Crippen LogP contribution < -0.4 is 0 Å². The lowest BCUT2D eigenvalue weighted by Crippen LogP contribution is -2.32. The van der Waals surface area contributed by atoms with Crippen LogP contribution in [0.1, 0.15) is 39.3 Å². The lowest BCUT2D eigenvalue weighted by atomic mass is 10.2. The van der Waals surface area contributed by atoms with E-state index in [1.54, 1.807) is 0 Å². The summed E-state index contributed by atoms with van der Waals surface area (Å²) < 4.78 is 2.12. The van der Waals surface area contributed by atoms with Crippen LogP contribution in [0.4, 0.5) is 0 Å². The third kappa shape index (κ3) is 4.49. The van der Waals surface area contributed by atoms with Crippen LogP contribution in [0, 0.1) is 0 Å². The molecule has 0 aliphatic rings. The average Bonchev–Trinajstić information content (AvgIpc) is 2.74. The van der Waals surface area contributed by atoms with Gasteiger partial charge in [0.15, 0.2) is 0 Å². The molecule has 1 heterocycles. The van der Waals surface area contributed by atoms with Gasteiger partial charge in [-0.3, -0.25) is 9.69 Å². The van der Waals surface area contributed by atoms with Gasteiger partial charge in [-0.15, -0.1) is 0 Å². The Labute approximate surface area is 108 Å². The highest BCUT2D eigenvalue weighted by atomic mass is 16.4. The van der Waals surface area contributed by atoms with Gasteiger partial charge in [-0.1, -0.05) is 0 Å². The Hall–Kier alpha value is -1.36. The number of carboxylic acids is 1. The zero-order chi connectivity index (χ0) is 13.5. The van der Waals surface area contributed by atoms with Crippen molar-refractivity contribution in [1.29, 1.82) is 0 Å². The van der Waals surface area contributed by atoms with Crippen molar-refractivity contribution in [2.75, 3.05) is 6.54 Å². The summed E-state index contributed by atoms with van der Waals surface area (Å²) in [6.45, 7) is 8.90. The summed E-state index contributed by atoms with van der Waals surface area (Å²) in [6.07, 6.45) is 4.64. The lowest BCUT2D eigenvalue weighted by molar-refractivity contribution is -0.137. The van der Waals surface area contributed by atoms with Gasteiger partial charge in [0.1, 0.15) is 0 Å². The Bertz CT molecular complexity index is 374. The van der Waals surface area contributed by atoms with E-state index in [-0.39, 0.29) is 6.42 Å². The van der Waals surface area contributed by atoms with E-state index < -0.39 is 5.97 Å². The molecule has 0 aliphatic heterocycles. The van der Waals surface area contributed by atoms with Gasteiger partial charge in [-0.05, 0) is 33.7 Å². The summed E-state index contributed by atoms with van der Waals surface area (Å²) in [5.74, 6) is -0.725. The van der Waals surface area contributed by atoms with Gasteiger partial charge in [0.05, 0.1) is 12.0 Å². The number of aryl methyl sites for hydroxylation is 1. The molecule has 102 valence electrons. The normalized spacial score (nSPS) is 11.4. The van der Waals surface area contributed by atoms with Gasteiger partial charge in [0.25, 0.3) is 0 Å². The van der Waals surface area contributed by atoms with Crippen LogP contribution >= 0.6 is 0 Å². The van der Waals surface area contributed by atoms with Gasteiger partial charge in [0, 0.05) is 31.7 Å². The number of hydrogen-bond acceptors (Lipinski definition) is 3. The molecule has 0 saturated heterocycles. The molecule has 5 nitrogen and oxygen atoms in total. The van der Waals surface area contributed by atoms with Crippen molar-refractivity contribution >= 4 is 5.97 Å². The predicted octanol–water partition coefficient (Wildman–Crippen LogP) is 1.98. The molecule has 5 heteroatoms. The van der Waals surface area contributed by atoms with E-state index in [1.807, 2.05) is 12.5 Å². The largest absolute Gasteiger partial charge is 0.481 e. The maximum Gasteiger partial charge on any atom is 0.303 e. The van der Waals surface area contributed by atoms with Crippen molar-refractivity contribution in [3.05, 3.63) is 18.2 Å². The Kier molecular flexibility index (Phi) is 5.85. The number of aliphatic carboxylic acids is 1. The van der Waals surface area contributed by atoms with Crippen LogP contribution in [-0.4, -0.2) is 38.1 Å². The molecule has 0 atom stereocenters. The van der Waals surface area contributed by atoms with Gasteiger partial charge in [-0.2, -0.15) is 0 Å². The van der Waals surface area contributed by atoms with Gasteiger partial charge >= 0.3 is 5.97 Å². The SMILES string of the molecule is CCn1cncc1CN(CCCC(=O)O)C(C)C. The monoisotopic (exact) mass is 253 g/mol. The molecule has 0 radical (unpaired) electrons. The first kappa shape index (κ1) is 14.7. The first-order chi connectivity index (χ1) is 8.54. The fourth-order valence-corrected chi connectivity index (χ4v) is 1.93. The van der Waals surface area contributed by atoms with E-state index in [1.165, 1.54) is 5.69 Å². The molecule has 0 aliphatic carbocycles. The molecule has 1 rings (SSSR count). The molecule has 0 amide bonds. The smallest absolute Gasteiger partial charge is 0.303 e. The molecule has 1 aromatic heterocycles. The van der Waals surface area contributed by atoms with Crippen molar-refractivity contribution in [2.45, 2.75) is 52.7 Å². The van der Waals surface area contributed by atoms with Crippen LogP contribution in [0.15, 0.2) is 12.5 Å². The minimum absolute atomic E-state index is 0.232. The quantitative estimate of drug-likeness (QED) is 0.769.